The highest BCUT2D eigenvalue weighted by Gasteiger charge is 2.12. The van der Waals surface area contributed by atoms with Gasteiger partial charge in [0, 0.05) is 5.57 Å². The molecule has 0 aromatic heterocycles. The van der Waals surface area contributed by atoms with Gasteiger partial charge < -0.3 is 10.2 Å². The summed E-state index contributed by atoms with van der Waals surface area (Å²) in [6.45, 7) is 3.71. The van der Waals surface area contributed by atoms with Crippen molar-refractivity contribution in [2.75, 3.05) is 0 Å². The zero-order chi connectivity index (χ0) is 18.0. The number of hydrogen-bond donors (Lipinski definition) is 2. The summed E-state index contributed by atoms with van der Waals surface area (Å²) in [6.07, 6.45) is 2.75. The molecule has 124 valence electrons. The second-order valence-corrected chi connectivity index (χ2v) is 6.43. The lowest BCUT2D eigenvalue weighted by molar-refractivity contribution is -0.109. The smallest absolute Gasteiger partial charge is 0.185 e. The molecule has 0 fully saturated rings. The van der Waals surface area contributed by atoms with Crippen molar-refractivity contribution in [3.8, 4) is 11.5 Å². The second-order valence-electron chi connectivity index (χ2n) is 4.80. The van der Waals surface area contributed by atoms with Crippen molar-refractivity contribution in [3.63, 3.8) is 0 Å². The van der Waals surface area contributed by atoms with E-state index in [-0.39, 0.29) is 37.2 Å². The molecule has 3 nitrogen and oxygen atoms in total. The maximum Gasteiger partial charge on any atom is 0.185 e. The summed E-state index contributed by atoms with van der Waals surface area (Å²) in [5, 5.41) is 19.2. The van der Waals surface area contributed by atoms with Crippen LogP contribution in [0.1, 0.15) is 11.1 Å². The van der Waals surface area contributed by atoms with Gasteiger partial charge in [0.15, 0.2) is 17.3 Å². The van der Waals surface area contributed by atoms with Crippen molar-refractivity contribution in [3.05, 3.63) is 68.1 Å². The van der Waals surface area contributed by atoms with Gasteiger partial charge in [0.25, 0.3) is 0 Å². The van der Waals surface area contributed by atoms with E-state index in [0.29, 0.717) is 11.1 Å². The van der Waals surface area contributed by atoms with Gasteiger partial charge >= 0.3 is 0 Å². The maximum atomic E-state index is 12.2. The highest BCUT2D eigenvalue weighted by molar-refractivity contribution is 6.38. The summed E-state index contributed by atoms with van der Waals surface area (Å²) < 4.78 is 0. The largest absolute Gasteiger partial charge is 0.505 e. The fourth-order valence-electron chi connectivity index (χ4n) is 1.84. The molecule has 0 aliphatic heterocycles. The minimum atomic E-state index is -0.395. The molecule has 0 spiro atoms. The van der Waals surface area contributed by atoms with Gasteiger partial charge in [-0.25, -0.2) is 0 Å². The number of aromatic hydroxyl groups is 2. The third-order valence-electron chi connectivity index (χ3n) is 3.13. The quantitative estimate of drug-likeness (QED) is 0.614. The monoisotopic (exact) mass is 402 g/mol. The average molecular weight is 404 g/mol. The van der Waals surface area contributed by atoms with Crippen LogP contribution in [0.5, 0.6) is 11.5 Å². The predicted octanol–water partition coefficient (Wildman–Crippen LogP) is 6.01. The van der Waals surface area contributed by atoms with Crippen molar-refractivity contribution < 1.29 is 15.0 Å². The SMILES string of the molecule is C=C(C(=O)C=Cc1cc(Cl)c(O)c(Cl)c1)c1cc(Cl)c(O)c(Cl)c1. The molecule has 0 atom stereocenters. The van der Waals surface area contributed by atoms with E-state index in [1.807, 2.05) is 0 Å². The Hall–Kier alpha value is -1.65. The topological polar surface area (TPSA) is 57.5 Å². The molecule has 0 aliphatic rings. The summed E-state index contributed by atoms with van der Waals surface area (Å²) in [5.74, 6) is -0.876. The van der Waals surface area contributed by atoms with Crippen LogP contribution in [0.3, 0.4) is 0 Å². The molecule has 24 heavy (non-hydrogen) atoms. The van der Waals surface area contributed by atoms with Crippen LogP contribution in [0.15, 0.2) is 36.9 Å². The van der Waals surface area contributed by atoms with Gasteiger partial charge in [-0.05, 0) is 41.5 Å². The molecular weight excluding hydrogens is 394 g/mol. The normalized spacial score (nSPS) is 11.0. The summed E-state index contributed by atoms with van der Waals surface area (Å²) in [4.78, 5) is 12.2. The first-order chi connectivity index (χ1) is 11.2. The number of allylic oxidation sites excluding steroid dienone is 2. The van der Waals surface area contributed by atoms with Crippen molar-refractivity contribution in [2.24, 2.45) is 0 Å². The molecule has 0 radical (unpaired) electrons. The highest BCUT2D eigenvalue weighted by atomic mass is 35.5. The summed E-state index contributed by atoms with van der Waals surface area (Å²) >= 11 is 23.3. The van der Waals surface area contributed by atoms with Gasteiger partial charge in [0.1, 0.15) is 0 Å². The van der Waals surface area contributed by atoms with Crippen LogP contribution in [0.25, 0.3) is 11.6 Å². The number of phenols is 2. The second kappa shape index (κ2) is 7.49. The van der Waals surface area contributed by atoms with E-state index in [4.69, 9.17) is 46.4 Å². The molecule has 0 unspecified atom stereocenters. The number of benzene rings is 2. The van der Waals surface area contributed by atoms with E-state index in [2.05, 4.69) is 6.58 Å². The van der Waals surface area contributed by atoms with E-state index < -0.39 is 5.78 Å². The Morgan fingerprint density at radius 1 is 0.875 bits per heavy atom. The molecule has 2 aromatic rings. The van der Waals surface area contributed by atoms with Gasteiger partial charge in [-0.1, -0.05) is 59.1 Å². The van der Waals surface area contributed by atoms with Crippen molar-refractivity contribution >= 4 is 63.8 Å². The zero-order valence-electron chi connectivity index (χ0n) is 12.0. The number of phenolic OH excluding ortho intramolecular Hbond substituents is 2. The van der Waals surface area contributed by atoms with Gasteiger partial charge in [-0.15, -0.1) is 0 Å². The minimum Gasteiger partial charge on any atom is -0.505 e. The van der Waals surface area contributed by atoms with Gasteiger partial charge in [-0.3, -0.25) is 4.79 Å². The molecular formula is C17H10Cl4O3. The standard InChI is InChI=1S/C17H10Cl4O3/c1-8(10-6-13(20)17(24)14(21)7-10)15(22)3-2-9-4-11(18)16(23)12(19)5-9/h2-7,23-24H,1H2. The average Bonchev–Trinajstić information content (AvgIpc) is 2.53. The van der Waals surface area contributed by atoms with Gasteiger partial charge in [-0.2, -0.15) is 0 Å². The maximum absolute atomic E-state index is 12.2. The number of hydrogen-bond acceptors (Lipinski definition) is 3. The third-order valence-corrected chi connectivity index (χ3v) is 4.28. The van der Waals surface area contributed by atoms with E-state index >= 15 is 0 Å². The minimum absolute atomic E-state index is 0.0209. The molecule has 0 amide bonds. The molecule has 0 aliphatic carbocycles. The van der Waals surface area contributed by atoms with Gasteiger partial charge in [0.2, 0.25) is 0 Å². The molecule has 0 bridgehead atoms. The van der Waals surface area contributed by atoms with Crippen LogP contribution >= 0.6 is 46.4 Å². The molecule has 7 heteroatoms. The molecule has 0 saturated heterocycles. The number of ketones is 1. The Bertz CT molecular complexity index is 826. The Labute approximate surface area is 158 Å². The van der Waals surface area contributed by atoms with Crippen LogP contribution in [-0.2, 0) is 4.79 Å². The van der Waals surface area contributed by atoms with E-state index in [0.717, 1.165) is 0 Å². The first-order valence-corrected chi connectivity index (χ1v) is 7.99. The third kappa shape index (κ3) is 4.05. The van der Waals surface area contributed by atoms with Crippen molar-refractivity contribution in [1.29, 1.82) is 0 Å². The lowest BCUT2D eigenvalue weighted by Gasteiger charge is -2.06. The Morgan fingerprint density at radius 3 is 1.75 bits per heavy atom. The summed E-state index contributed by atoms with van der Waals surface area (Å²) in [7, 11) is 0. The molecule has 0 saturated carbocycles. The first-order valence-electron chi connectivity index (χ1n) is 6.48. The molecule has 2 aromatic carbocycles. The van der Waals surface area contributed by atoms with Crippen LogP contribution in [0, 0.1) is 0 Å². The van der Waals surface area contributed by atoms with Crippen LogP contribution < -0.4 is 0 Å². The van der Waals surface area contributed by atoms with E-state index in [1.54, 1.807) is 0 Å². The molecule has 2 N–H and O–H groups in total. The fourth-order valence-corrected chi connectivity index (χ4v) is 2.83. The zero-order valence-corrected chi connectivity index (χ0v) is 15.0. The van der Waals surface area contributed by atoms with Crippen LogP contribution in [0.2, 0.25) is 20.1 Å². The van der Waals surface area contributed by atoms with E-state index in [1.165, 1.54) is 36.4 Å². The fraction of sp³-hybridized carbons (Fsp3) is 0. The summed E-state index contributed by atoms with van der Waals surface area (Å²) in [5.41, 5.74) is 1.07. The molecule has 0 heterocycles. The molecule has 2 rings (SSSR count). The number of carbonyl (C=O) groups excluding carboxylic acids is 1. The lowest BCUT2D eigenvalue weighted by Crippen LogP contribution is -1.96. The summed E-state index contributed by atoms with van der Waals surface area (Å²) in [6, 6.07) is 5.71. The first kappa shape index (κ1) is 18.7. The Balaban J connectivity index is 2.25. The van der Waals surface area contributed by atoms with Crippen LogP contribution in [-0.4, -0.2) is 16.0 Å². The highest BCUT2D eigenvalue weighted by Crippen LogP contribution is 2.35. The predicted molar refractivity (Wildman–Crippen MR) is 99.3 cm³/mol. The Morgan fingerprint density at radius 2 is 1.29 bits per heavy atom. The lowest BCUT2D eigenvalue weighted by atomic mass is 10.0. The van der Waals surface area contributed by atoms with Crippen molar-refractivity contribution in [1.82, 2.24) is 0 Å². The van der Waals surface area contributed by atoms with Crippen molar-refractivity contribution in [2.45, 2.75) is 0 Å². The van der Waals surface area contributed by atoms with Gasteiger partial charge in [0.05, 0.1) is 20.1 Å². The number of rotatable bonds is 4. The number of halogens is 4. The number of carbonyl (C=O) groups is 1. The van der Waals surface area contributed by atoms with E-state index in [9.17, 15) is 15.0 Å². The Kier molecular flexibility index (Phi) is 5.83. The van der Waals surface area contributed by atoms with Crippen LogP contribution in [0.4, 0.5) is 0 Å².